The van der Waals surface area contributed by atoms with Crippen LogP contribution in [0.1, 0.15) is 22.5 Å². The minimum Gasteiger partial charge on any atom is -0.303 e. The zero-order chi connectivity index (χ0) is 20.7. The molecule has 0 radical (unpaired) electrons. The van der Waals surface area contributed by atoms with Crippen LogP contribution in [0.5, 0.6) is 0 Å². The third-order valence-electron chi connectivity index (χ3n) is 4.84. The van der Waals surface area contributed by atoms with Crippen molar-refractivity contribution >= 4 is 35.3 Å². The van der Waals surface area contributed by atoms with Gasteiger partial charge in [-0.2, -0.15) is 0 Å². The molecule has 3 aromatic rings. The van der Waals surface area contributed by atoms with Crippen LogP contribution in [0.15, 0.2) is 54.4 Å². The van der Waals surface area contributed by atoms with Gasteiger partial charge in [-0.05, 0) is 74.4 Å². The van der Waals surface area contributed by atoms with E-state index < -0.39 is 11.9 Å². The highest BCUT2D eigenvalue weighted by Crippen LogP contribution is 2.27. The molecule has 0 saturated carbocycles. The Bertz CT molecular complexity index is 1180. The first-order valence-corrected chi connectivity index (χ1v) is 9.47. The van der Waals surface area contributed by atoms with Gasteiger partial charge < -0.3 is 9.88 Å². The van der Waals surface area contributed by atoms with Crippen LogP contribution in [0.25, 0.3) is 11.9 Å². The molecule has 1 N–H and O–H groups in total. The molecule has 1 fully saturated rings. The van der Waals surface area contributed by atoms with Gasteiger partial charge in [0.1, 0.15) is 11.5 Å². The minimum atomic E-state index is -0.502. The summed E-state index contributed by atoms with van der Waals surface area (Å²) < 4.78 is 2.02. The number of halogens is 1. The second-order valence-corrected chi connectivity index (χ2v) is 7.40. The number of aromatic nitrogens is 2. The molecular formula is C22H19ClN4O2. The van der Waals surface area contributed by atoms with Crippen LogP contribution < -0.4 is 10.2 Å². The van der Waals surface area contributed by atoms with Crippen molar-refractivity contribution in [2.24, 2.45) is 0 Å². The van der Waals surface area contributed by atoms with E-state index in [2.05, 4.69) is 10.3 Å². The van der Waals surface area contributed by atoms with Crippen molar-refractivity contribution in [3.63, 3.8) is 0 Å². The number of carbonyl (C=O) groups excluding carboxylic acids is 2. The van der Waals surface area contributed by atoms with Crippen LogP contribution in [0.2, 0.25) is 5.02 Å². The number of pyridine rings is 1. The first-order chi connectivity index (χ1) is 13.8. The van der Waals surface area contributed by atoms with E-state index >= 15 is 0 Å². The summed E-state index contributed by atoms with van der Waals surface area (Å²) in [6.45, 7) is 5.95. The van der Waals surface area contributed by atoms with Gasteiger partial charge in [-0.15, -0.1) is 0 Å². The molecule has 4 rings (SSSR count). The molecule has 0 bridgehead atoms. The average Bonchev–Trinajstić information content (AvgIpc) is 3.10. The number of hydrogen-bond acceptors (Lipinski definition) is 3. The number of hydrogen-bond donors (Lipinski definition) is 1. The maximum Gasteiger partial charge on any atom is 0.333 e. The van der Waals surface area contributed by atoms with E-state index in [0.29, 0.717) is 10.7 Å². The molecule has 3 heterocycles. The van der Waals surface area contributed by atoms with Gasteiger partial charge in [0.15, 0.2) is 0 Å². The Labute approximate surface area is 173 Å². The minimum absolute atomic E-state index is 0.215. The van der Waals surface area contributed by atoms with Crippen molar-refractivity contribution in [1.29, 1.82) is 0 Å². The molecule has 2 aromatic heterocycles. The zero-order valence-electron chi connectivity index (χ0n) is 16.2. The van der Waals surface area contributed by atoms with Gasteiger partial charge >= 0.3 is 6.03 Å². The Morgan fingerprint density at radius 2 is 1.86 bits per heavy atom. The van der Waals surface area contributed by atoms with Gasteiger partial charge in [0.2, 0.25) is 0 Å². The number of amides is 3. The number of aryl methyl sites for hydroxylation is 2. The lowest BCUT2D eigenvalue weighted by Crippen LogP contribution is -2.30. The molecule has 6 nitrogen and oxygen atoms in total. The summed E-state index contributed by atoms with van der Waals surface area (Å²) in [5, 5.41) is 3.11. The summed E-state index contributed by atoms with van der Waals surface area (Å²) >= 11 is 6.00. The zero-order valence-corrected chi connectivity index (χ0v) is 17.0. The molecule has 1 aliphatic heterocycles. The second-order valence-electron chi connectivity index (χ2n) is 6.96. The summed E-state index contributed by atoms with van der Waals surface area (Å²) in [5.74, 6) is 0.391. The Balaban J connectivity index is 1.71. The van der Waals surface area contributed by atoms with Crippen LogP contribution in [0, 0.1) is 20.8 Å². The number of rotatable bonds is 3. The molecule has 146 valence electrons. The van der Waals surface area contributed by atoms with Gasteiger partial charge in [0.05, 0.1) is 5.69 Å². The van der Waals surface area contributed by atoms with E-state index in [1.165, 1.54) is 0 Å². The molecule has 7 heteroatoms. The molecule has 0 atom stereocenters. The maximum atomic E-state index is 12.9. The van der Waals surface area contributed by atoms with E-state index in [0.717, 1.165) is 33.2 Å². The number of benzene rings is 1. The van der Waals surface area contributed by atoms with Gasteiger partial charge in [-0.3, -0.25) is 4.79 Å². The Morgan fingerprint density at radius 1 is 1.07 bits per heavy atom. The van der Waals surface area contributed by atoms with Crippen LogP contribution >= 0.6 is 11.6 Å². The third kappa shape index (κ3) is 3.43. The molecule has 0 spiro atoms. The number of nitrogens with zero attached hydrogens (tertiary/aromatic N) is 3. The average molecular weight is 407 g/mol. The van der Waals surface area contributed by atoms with Gasteiger partial charge in [0.25, 0.3) is 5.91 Å². The highest BCUT2D eigenvalue weighted by molar-refractivity contribution is 6.32. The number of nitrogens with one attached hydrogen (secondary N) is 1. The first-order valence-electron chi connectivity index (χ1n) is 9.10. The summed E-state index contributed by atoms with van der Waals surface area (Å²) in [4.78, 5) is 30.8. The number of urea groups is 1. The Hall–Kier alpha value is -3.38. The summed E-state index contributed by atoms with van der Waals surface area (Å²) in [5.41, 5.74) is 4.50. The lowest BCUT2D eigenvalue weighted by molar-refractivity contribution is -0.113. The fourth-order valence-electron chi connectivity index (χ4n) is 3.47. The van der Waals surface area contributed by atoms with Crippen molar-refractivity contribution in [1.82, 2.24) is 14.9 Å². The first kappa shape index (κ1) is 19.0. The van der Waals surface area contributed by atoms with E-state index in [4.69, 9.17) is 11.6 Å². The number of carbonyl (C=O) groups is 2. The van der Waals surface area contributed by atoms with Crippen molar-refractivity contribution in [3.05, 3.63) is 81.9 Å². The Morgan fingerprint density at radius 3 is 2.59 bits per heavy atom. The number of imide groups is 1. The van der Waals surface area contributed by atoms with E-state index in [9.17, 15) is 9.59 Å². The van der Waals surface area contributed by atoms with Gasteiger partial charge in [-0.1, -0.05) is 17.7 Å². The predicted molar refractivity (Wildman–Crippen MR) is 113 cm³/mol. The van der Waals surface area contributed by atoms with E-state index in [1.54, 1.807) is 36.5 Å². The normalized spacial score (nSPS) is 15.3. The topological polar surface area (TPSA) is 67.2 Å². The summed E-state index contributed by atoms with van der Waals surface area (Å²) in [7, 11) is 0. The molecule has 0 aliphatic carbocycles. The van der Waals surface area contributed by atoms with Crippen molar-refractivity contribution < 1.29 is 9.59 Å². The molecule has 1 aliphatic rings. The van der Waals surface area contributed by atoms with Crippen LogP contribution in [-0.4, -0.2) is 21.5 Å². The highest BCUT2D eigenvalue weighted by Gasteiger charge is 2.35. The fourth-order valence-corrected chi connectivity index (χ4v) is 3.65. The molecule has 0 unspecified atom stereocenters. The molecule has 29 heavy (non-hydrogen) atoms. The molecular weight excluding hydrogens is 388 g/mol. The van der Waals surface area contributed by atoms with Crippen molar-refractivity contribution in [2.45, 2.75) is 20.8 Å². The predicted octanol–water partition coefficient (Wildman–Crippen LogP) is 4.55. The quantitative estimate of drug-likeness (QED) is 0.512. The number of anilines is 1. The summed E-state index contributed by atoms with van der Waals surface area (Å²) in [6.07, 6.45) is 3.46. The standard InChI is InChI=1S/C22H19ClN4O2/c1-13-7-8-24-20(9-13)26-14(2)10-16(15(26)3)11-19-21(28)27(22(29)25-19)18-6-4-5-17(23)12-18/h4-12H,1-3H3,(H,25,29)/b19-11+. The lowest BCUT2D eigenvalue weighted by atomic mass is 10.2. The second kappa shape index (κ2) is 7.22. The van der Waals surface area contributed by atoms with Gasteiger partial charge in [0, 0.05) is 22.6 Å². The van der Waals surface area contributed by atoms with Crippen LogP contribution in [-0.2, 0) is 4.79 Å². The van der Waals surface area contributed by atoms with Crippen LogP contribution in [0.4, 0.5) is 10.5 Å². The fraction of sp³-hybridized carbons (Fsp3) is 0.136. The van der Waals surface area contributed by atoms with Crippen molar-refractivity contribution in [3.8, 4) is 5.82 Å². The monoisotopic (exact) mass is 406 g/mol. The third-order valence-corrected chi connectivity index (χ3v) is 5.08. The lowest BCUT2D eigenvalue weighted by Gasteiger charge is -2.11. The highest BCUT2D eigenvalue weighted by atomic mass is 35.5. The SMILES string of the molecule is Cc1ccnc(-n2c(C)cc(/C=C3/NC(=O)N(c4cccc(Cl)c4)C3=O)c2C)c1. The largest absolute Gasteiger partial charge is 0.333 e. The van der Waals surface area contributed by atoms with Crippen molar-refractivity contribution in [2.75, 3.05) is 4.90 Å². The maximum absolute atomic E-state index is 12.9. The van der Waals surface area contributed by atoms with Gasteiger partial charge in [-0.25, -0.2) is 14.7 Å². The molecule has 3 amide bonds. The smallest absolute Gasteiger partial charge is 0.303 e. The molecule has 1 aromatic carbocycles. The summed E-state index contributed by atoms with van der Waals surface area (Å²) in [6, 6.07) is 12.0. The van der Waals surface area contributed by atoms with E-state index in [1.807, 2.05) is 43.5 Å². The Kier molecular flexibility index (Phi) is 4.72. The van der Waals surface area contributed by atoms with Crippen LogP contribution in [0.3, 0.4) is 0 Å². The molecule has 1 saturated heterocycles. The van der Waals surface area contributed by atoms with E-state index in [-0.39, 0.29) is 5.70 Å².